The fourth-order valence-corrected chi connectivity index (χ4v) is 3.53. The second-order valence-corrected chi connectivity index (χ2v) is 7.02. The van der Waals surface area contributed by atoms with Crippen molar-refractivity contribution in [3.05, 3.63) is 29.3 Å². The quantitative estimate of drug-likeness (QED) is 0.396. The minimum absolute atomic E-state index is 0.151. The van der Waals surface area contributed by atoms with Crippen LogP contribution in [0.25, 0.3) is 0 Å². The Morgan fingerprint density at radius 1 is 1.25 bits per heavy atom. The average molecular weight is 391 g/mol. The molecule has 0 saturated carbocycles. The van der Waals surface area contributed by atoms with Crippen LogP contribution in [-0.4, -0.2) is 42.3 Å². The van der Waals surface area contributed by atoms with E-state index >= 15 is 0 Å². The number of para-hydroxylation sites is 1. The summed E-state index contributed by atoms with van der Waals surface area (Å²) in [5.41, 5.74) is 0.909. The van der Waals surface area contributed by atoms with Crippen LogP contribution in [0.5, 0.6) is 5.75 Å². The Morgan fingerprint density at radius 2 is 2.00 bits per heavy atom. The van der Waals surface area contributed by atoms with Gasteiger partial charge in [-0.05, 0) is 24.5 Å². The van der Waals surface area contributed by atoms with E-state index in [9.17, 15) is 14.6 Å². The molecule has 2 aliphatic rings. The van der Waals surface area contributed by atoms with Crippen molar-refractivity contribution in [3.8, 4) is 5.75 Å². The van der Waals surface area contributed by atoms with Crippen LogP contribution in [0, 0.1) is 5.92 Å². The van der Waals surface area contributed by atoms with Crippen LogP contribution >= 0.6 is 0 Å². The van der Waals surface area contributed by atoms with Crippen molar-refractivity contribution >= 4 is 24.6 Å². The molecule has 2 atom stereocenters. The number of carbonyl (C=O) groups excluding carboxylic acids is 2. The van der Waals surface area contributed by atoms with Gasteiger partial charge in [-0.1, -0.05) is 32.9 Å². The second kappa shape index (κ2) is 8.22. The fraction of sp³-hybridized carbons (Fsp3) is 0.526. The van der Waals surface area contributed by atoms with Crippen LogP contribution < -0.4 is 9.65 Å². The summed E-state index contributed by atoms with van der Waals surface area (Å²) < 4.78 is 21.4. The highest BCUT2D eigenvalue weighted by Crippen LogP contribution is 2.34. The first-order valence-corrected chi connectivity index (χ1v) is 9.74. The number of hydrogen-bond donors (Lipinski definition) is 2. The number of esters is 2. The zero-order valence-electron chi connectivity index (χ0n) is 16.4. The SMILES string of the molecule is CCC1=[NH+][C@H]2Cc3cccc(C(=O)OCOC(=O)C(CC)CC)c3O[B@@-]2(O)O1. The van der Waals surface area contributed by atoms with Gasteiger partial charge in [0.15, 0.2) is 0 Å². The maximum absolute atomic E-state index is 12.5. The topological polar surface area (TPSA) is 105 Å². The number of rotatable bonds is 7. The highest BCUT2D eigenvalue weighted by Gasteiger charge is 2.53. The van der Waals surface area contributed by atoms with Crippen LogP contribution in [0.4, 0.5) is 0 Å². The van der Waals surface area contributed by atoms with Gasteiger partial charge in [0.1, 0.15) is 5.94 Å². The molecule has 152 valence electrons. The van der Waals surface area contributed by atoms with E-state index in [1.807, 2.05) is 26.8 Å². The van der Waals surface area contributed by atoms with E-state index in [0.717, 1.165) is 5.56 Å². The van der Waals surface area contributed by atoms with Gasteiger partial charge in [0.2, 0.25) is 6.79 Å². The zero-order chi connectivity index (χ0) is 20.3. The number of fused-ring (bicyclic) bond motifs is 2. The van der Waals surface area contributed by atoms with Crippen LogP contribution in [0.2, 0.25) is 0 Å². The standard InChI is InChI=1S/C19H25BNO7/c1-4-12(5-2)18(22)25-11-26-19(23)14-9-7-8-13-10-15-20(24,28-17(13)14)27-16(6-3)21-15/h7-9,12,15,24H,4-6,10-11H2,1-3H3/q-1/p+1/t15-,20-/m0/s1. The van der Waals surface area contributed by atoms with Gasteiger partial charge in [0, 0.05) is 6.42 Å². The largest absolute Gasteiger partial charge is 0.655 e. The molecule has 0 fully saturated rings. The summed E-state index contributed by atoms with van der Waals surface area (Å²) in [5, 5.41) is 10.7. The maximum Gasteiger partial charge on any atom is 0.559 e. The Kier molecular flexibility index (Phi) is 5.93. The molecule has 0 spiro atoms. The van der Waals surface area contributed by atoms with E-state index < -0.39 is 31.4 Å². The minimum Gasteiger partial charge on any atom is -0.655 e. The molecule has 0 bridgehead atoms. The highest BCUT2D eigenvalue weighted by molar-refractivity contribution is 6.64. The summed E-state index contributed by atoms with van der Waals surface area (Å²) in [4.78, 5) is 27.5. The smallest absolute Gasteiger partial charge is 0.559 e. The van der Waals surface area contributed by atoms with Crippen LogP contribution in [0.1, 0.15) is 56.0 Å². The van der Waals surface area contributed by atoms with Crippen molar-refractivity contribution in [2.24, 2.45) is 5.92 Å². The molecule has 28 heavy (non-hydrogen) atoms. The van der Waals surface area contributed by atoms with Gasteiger partial charge in [0.25, 0.3) is 5.90 Å². The molecule has 1 aromatic rings. The predicted octanol–water partition coefficient (Wildman–Crippen LogP) is 0.473. The van der Waals surface area contributed by atoms with E-state index in [2.05, 4.69) is 4.99 Å². The lowest BCUT2D eigenvalue weighted by molar-refractivity contribution is -0.481. The van der Waals surface area contributed by atoms with Gasteiger partial charge in [-0.2, -0.15) is 0 Å². The summed E-state index contributed by atoms with van der Waals surface area (Å²) in [6.45, 7) is 2.61. The summed E-state index contributed by atoms with van der Waals surface area (Å²) in [7, 11) is 0. The van der Waals surface area contributed by atoms with Crippen LogP contribution in [0.15, 0.2) is 18.2 Å². The van der Waals surface area contributed by atoms with Gasteiger partial charge >= 0.3 is 18.7 Å². The monoisotopic (exact) mass is 391 g/mol. The molecular formula is C19H26BNO7. The van der Waals surface area contributed by atoms with Gasteiger partial charge in [-0.25, -0.2) is 9.79 Å². The van der Waals surface area contributed by atoms with Crippen molar-refractivity contribution in [1.82, 2.24) is 0 Å². The fourth-order valence-electron chi connectivity index (χ4n) is 3.53. The summed E-state index contributed by atoms with van der Waals surface area (Å²) in [5.74, 6) is -0.920. The van der Waals surface area contributed by atoms with E-state index in [1.54, 1.807) is 6.07 Å². The number of benzene rings is 1. The molecule has 3 rings (SSSR count). The Balaban J connectivity index is 1.68. The molecule has 0 radical (unpaired) electrons. The number of carbonyl (C=O) groups is 2. The van der Waals surface area contributed by atoms with E-state index in [0.29, 0.717) is 31.6 Å². The lowest BCUT2D eigenvalue weighted by atomic mass is 9.65. The molecule has 1 aromatic carbocycles. The third kappa shape index (κ3) is 3.85. The molecule has 0 aromatic heterocycles. The van der Waals surface area contributed by atoms with Crippen molar-refractivity contribution in [3.63, 3.8) is 0 Å². The van der Waals surface area contributed by atoms with E-state index in [-0.39, 0.29) is 17.2 Å². The molecule has 9 heteroatoms. The molecular weight excluding hydrogens is 365 g/mol. The Hall–Kier alpha value is -2.55. The molecule has 0 aliphatic carbocycles. The molecule has 2 heterocycles. The molecule has 0 unspecified atom stereocenters. The number of nitrogens with one attached hydrogen (secondary N) is 1. The van der Waals surface area contributed by atoms with Crippen molar-refractivity contribution in [2.45, 2.75) is 52.4 Å². The van der Waals surface area contributed by atoms with E-state index in [4.69, 9.17) is 18.8 Å². The maximum atomic E-state index is 12.5. The molecule has 0 saturated heterocycles. The van der Waals surface area contributed by atoms with Gasteiger partial charge < -0.3 is 23.8 Å². The molecule has 0 amide bonds. The van der Waals surface area contributed by atoms with Crippen molar-refractivity contribution < 1.29 is 38.4 Å². The summed E-state index contributed by atoms with van der Waals surface area (Å²) in [6.07, 6.45) is 2.36. The first-order valence-electron chi connectivity index (χ1n) is 9.74. The zero-order valence-corrected chi connectivity index (χ0v) is 16.4. The highest BCUT2D eigenvalue weighted by atomic mass is 16.7. The van der Waals surface area contributed by atoms with Crippen molar-refractivity contribution in [2.75, 3.05) is 6.79 Å². The van der Waals surface area contributed by atoms with Crippen LogP contribution in [0.3, 0.4) is 0 Å². The van der Waals surface area contributed by atoms with Crippen molar-refractivity contribution in [1.29, 1.82) is 0 Å². The van der Waals surface area contributed by atoms with E-state index in [1.165, 1.54) is 6.07 Å². The Bertz CT molecular complexity index is 792. The third-order valence-electron chi connectivity index (χ3n) is 5.24. The lowest BCUT2D eigenvalue weighted by Crippen LogP contribution is -2.83. The molecule has 2 N–H and O–H groups in total. The average Bonchev–Trinajstić information content (AvgIpc) is 3.01. The summed E-state index contributed by atoms with van der Waals surface area (Å²) in [6, 6.07) is 5.07. The molecule has 2 aliphatic heterocycles. The Labute approximate surface area is 163 Å². The van der Waals surface area contributed by atoms with Gasteiger partial charge in [-0.15, -0.1) is 0 Å². The first-order chi connectivity index (χ1) is 13.4. The molecule has 8 nitrogen and oxygen atoms in total. The predicted molar refractivity (Wildman–Crippen MR) is 100 cm³/mol. The number of ether oxygens (including phenoxy) is 2. The lowest BCUT2D eigenvalue weighted by Gasteiger charge is -2.38. The van der Waals surface area contributed by atoms with Crippen LogP contribution in [-0.2, 0) is 25.3 Å². The first kappa shape index (κ1) is 20.2. The normalized spacial score (nSPS) is 22.5. The second-order valence-electron chi connectivity index (χ2n) is 7.02. The van der Waals surface area contributed by atoms with Gasteiger partial charge in [0.05, 0.1) is 23.7 Å². The minimum atomic E-state index is -2.62. The number of hydrogen-bond acceptors (Lipinski definition) is 7. The summed E-state index contributed by atoms with van der Waals surface area (Å²) >= 11 is 0. The Morgan fingerprint density at radius 3 is 2.68 bits per heavy atom. The third-order valence-corrected chi connectivity index (χ3v) is 5.24. The van der Waals surface area contributed by atoms with Gasteiger partial charge in [-0.3, -0.25) is 4.79 Å².